The molecule has 1 atom stereocenters. The molecule has 0 aromatic heterocycles. The van der Waals surface area contributed by atoms with Crippen LogP contribution < -0.4 is 15.8 Å². The summed E-state index contributed by atoms with van der Waals surface area (Å²) in [4.78, 5) is 11.3. The van der Waals surface area contributed by atoms with Crippen LogP contribution in [0.15, 0.2) is 24.3 Å². The van der Waals surface area contributed by atoms with Gasteiger partial charge in [0.1, 0.15) is 5.75 Å². The molecule has 1 aromatic rings. The highest BCUT2D eigenvalue weighted by Gasteiger charge is 2.35. The molecule has 2 rings (SSSR count). The van der Waals surface area contributed by atoms with E-state index in [0.717, 1.165) is 0 Å². The smallest absolute Gasteiger partial charge is 0.283 e. The molecule has 1 aliphatic rings. The summed E-state index contributed by atoms with van der Waals surface area (Å²) >= 11 is 0. The number of anilines is 1. The van der Waals surface area contributed by atoms with E-state index in [2.05, 4.69) is 5.32 Å². The number of hydrogen-bond acceptors (Lipinski definition) is 3. The molecule has 4 nitrogen and oxygen atoms in total. The Morgan fingerprint density at radius 3 is 2.60 bits per heavy atom. The van der Waals surface area contributed by atoms with Gasteiger partial charge in [-0.1, -0.05) is 26.0 Å². The van der Waals surface area contributed by atoms with Gasteiger partial charge in [0, 0.05) is 0 Å². The van der Waals surface area contributed by atoms with E-state index in [1.165, 1.54) is 6.92 Å². The summed E-state index contributed by atoms with van der Waals surface area (Å²) in [5.74, 6) is 0.276. The number of amides is 1. The van der Waals surface area contributed by atoms with Gasteiger partial charge in [0.15, 0.2) is 0 Å². The van der Waals surface area contributed by atoms with Crippen molar-refractivity contribution in [2.45, 2.75) is 26.5 Å². The molecule has 0 fully saturated rings. The number of fused-ring (bicyclic) bond motifs is 1. The third-order valence-corrected chi connectivity index (χ3v) is 1.91. The fraction of sp³-hybridized carbons (Fsp3) is 0.364. The molecule has 4 heteroatoms. The number of carbonyl (C=O) groups excluding carboxylic acids is 1. The zero-order valence-electron chi connectivity index (χ0n) is 9.20. The van der Waals surface area contributed by atoms with Crippen LogP contribution in [0.25, 0.3) is 0 Å². The second kappa shape index (κ2) is 4.31. The molecule has 0 saturated heterocycles. The van der Waals surface area contributed by atoms with E-state index >= 15 is 0 Å². The van der Waals surface area contributed by atoms with Crippen LogP contribution in [0.2, 0.25) is 0 Å². The fourth-order valence-corrected chi connectivity index (χ4v) is 1.18. The van der Waals surface area contributed by atoms with Crippen molar-refractivity contribution in [3.63, 3.8) is 0 Å². The summed E-state index contributed by atoms with van der Waals surface area (Å²) in [6.07, 6.45) is 0. The van der Waals surface area contributed by atoms with Crippen molar-refractivity contribution < 1.29 is 9.53 Å². The van der Waals surface area contributed by atoms with E-state index in [4.69, 9.17) is 10.5 Å². The summed E-state index contributed by atoms with van der Waals surface area (Å²) in [5.41, 5.74) is 4.99. The minimum absolute atomic E-state index is 0.328. The minimum Gasteiger partial charge on any atom is -0.462 e. The summed E-state index contributed by atoms with van der Waals surface area (Å²) in [7, 11) is 0. The lowest BCUT2D eigenvalue weighted by atomic mass is 10.2. The normalized spacial score (nSPS) is 22.8. The number of hydrogen-bond donors (Lipinski definition) is 2. The summed E-state index contributed by atoms with van der Waals surface area (Å²) in [6, 6.07) is 7.18. The van der Waals surface area contributed by atoms with Gasteiger partial charge < -0.3 is 10.1 Å². The zero-order valence-corrected chi connectivity index (χ0v) is 9.20. The Balaban J connectivity index is 0.000000531. The average molecular weight is 208 g/mol. The van der Waals surface area contributed by atoms with Gasteiger partial charge in [-0.2, -0.15) is 0 Å². The molecule has 1 unspecified atom stereocenters. The molecule has 0 saturated carbocycles. The van der Waals surface area contributed by atoms with Gasteiger partial charge in [-0.3, -0.25) is 10.5 Å². The first kappa shape index (κ1) is 11.5. The lowest BCUT2D eigenvalue weighted by Gasteiger charge is -2.30. The van der Waals surface area contributed by atoms with E-state index < -0.39 is 5.72 Å². The highest BCUT2D eigenvalue weighted by Crippen LogP contribution is 2.30. The van der Waals surface area contributed by atoms with Gasteiger partial charge in [0.05, 0.1) is 5.69 Å². The van der Waals surface area contributed by atoms with Crippen LogP contribution in [0, 0.1) is 0 Å². The number of nitrogens with one attached hydrogen (secondary N) is 1. The molecule has 1 heterocycles. The maximum Gasteiger partial charge on any atom is 0.283 e. The lowest BCUT2D eigenvalue weighted by molar-refractivity contribution is -0.130. The van der Waals surface area contributed by atoms with E-state index in [1.54, 1.807) is 12.1 Å². The molecular weight excluding hydrogens is 192 g/mol. The molecule has 0 radical (unpaired) electrons. The summed E-state index contributed by atoms with van der Waals surface area (Å²) < 4.78 is 5.30. The Morgan fingerprint density at radius 2 is 1.93 bits per heavy atom. The van der Waals surface area contributed by atoms with E-state index in [0.29, 0.717) is 11.4 Å². The predicted octanol–water partition coefficient (Wildman–Crippen LogP) is 1.72. The zero-order chi connectivity index (χ0) is 11.5. The van der Waals surface area contributed by atoms with Crippen molar-refractivity contribution in [2.75, 3.05) is 5.32 Å². The predicted molar refractivity (Wildman–Crippen MR) is 59.6 cm³/mol. The van der Waals surface area contributed by atoms with E-state index in [1.807, 2.05) is 26.0 Å². The number of ether oxygens (including phenoxy) is 1. The van der Waals surface area contributed by atoms with Crippen LogP contribution in [0.1, 0.15) is 20.8 Å². The van der Waals surface area contributed by atoms with Crippen LogP contribution in [0.4, 0.5) is 5.69 Å². The van der Waals surface area contributed by atoms with Crippen molar-refractivity contribution in [1.82, 2.24) is 0 Å². The lowest BCUT2D eigenvalue weighted by Crippen LogP contribution is -2.55. The second-order valence-electron chi connectivity index (χ2n) is 3.16. The van der Waals surface area contributed by atoms with Gasteiger partial charge in [-0.25, -0.2) is 0 Å². The molecule has 0 spiro atoms. The van der Waals surface area contributed by atoms with Gasteiger partial charge in [-0.15, -0.1) is 0 Å². The molecule has 1 aromatic carbocycles. The highest BCUT2D eigenvalue weighted by molar-refractivity contribution is 5.99. The largest absolute Gasteiger partial charge is 0.462 e. The SMILES string of the molecule is CC.CC1(N)Oc2ccccc2NC1=O. The first-order chi connectivity index (χ1) is 7.09. The molecular formula is C11H16N2O2. The quantitative estimate of drug-likeness (QED) is 0.682. The maximum absolute atomic E-state index is 11.3. The Hall–Kier alpha value is -1.55. The Bertz CT molecular complexity index is 361. The summed E-state index contributed by atoms with van der Waals surface area (Å²) in [6.45, 7) is 5.53. The van der Waals surface area contributed by atoms with Gasteiger partial charge >= 0.3 is 0 Å². The van der Waals surface area contributed by atoms with Gasteiger partial charge in [0.25, 0.3) is 5.91 Å². The molecule has 0 aliphatic carbocycles. The van der Waals surface area contributed by atoms with E-state index in [9.17, 15) is 4.79 Å². The Morgan fingerprint density at radius 1 is 1.33 bits per heavy atom. The molecule has 1 aliphatic heterocycles. The van der Waals surface area contributed by atoms with Crippen LogP contribution in [0.3, 0.4) is 0 Å². The van der Waals surface area contributed by atoms with Crippen molar-refractivity contribution >= 4 is 11.6 Å². The summed E-state index contributed by atoms with van der Waals surface area (Å²) in [5, 5.41) is 2.66. The number of benzene rings is 1. The monoisotopic (exact) mass is 208 g/mol. The first-order valence-electron chi connectivity index (χ1n) is 4.98. The first-order valence-corrected chi connectivity index (χ1v) is 4.98. The molecule has 1 amide bonds. The van der Waals surface area contributed by atoms with Gasteiger partial charge in [-0.05, 0) is 19.1 Å². The number of nitrogens with two attached hydrogens (primary N) is 1. The van der Waals surface area contributed by atoms with Crippen LogP contribution in [-0.2, 0) is 4.79 Å². The average Bonchev–Trinajstić information content (AvgIpc) is 2.22. The maximum atomic E-state index is 11.3. The number of carbonyl (C=O) groups is 1. The molecule has 82 valence electrons. The van der Waals surface area contributed by atoms with Crippen LogP contribution >= 0.6 is 0 Å². The van der Waals surface area contributed by atoms with E-state index in [-0.39, 0.29) is 5.91 Å². The molecule has 15 heavy (non-hydrogen) atoms. The van der Waals surface area contributed by atoms with Crippen molar-refractivity contribution in [3.8, 4) is 5.75 Å². The van der Waals surface area contributed by atoms with Crippen LogP contribution in [-0.4, -0.2) is 11.6 Å². The number of rotatable bonds is 0. The third kappa shape index (κ3) is 2.27. The van der Waals surface area contributed by atoms with Crippen molar-refractivity contribution in [1.29, 1.82) is 0 Å². The van der Waals surface area contributed by atoms with Crippen LogP contribution in [0.5, 0.6) is 5.75 Å². The Kier molecular flexibility index (Phi) is 3.31. The molecule has 3 N–H and O–H groups in total. The standard InChI is InChI=1S/C9H10N2O2.C2H6/c1-9(10)8(12)11-6-4-2-3-5-7(6)13-9;1-2/h2-5H,10H2,1H3,(H,11,12);1-2H3. The minimum atomic E-state index is -1.27. The van der Waals surface area contributed by atoms with Crippen molar-refractivity contribution in [2.24, 2.45) is 5.73 Å². The fourth-order valence-electron chi connectivity index (χ4n) is 1.18. The highest BCUT2D eigenvalue weighted by atomic mass is 16.5. The van der Waals surface area contributed by atoms with Crippen molar-refractivity contribution in [3.05, 3.63) is 24.3 Å². The molecule has 0 bridgehead atoms. The third-order valence-electron chi connectivity index (χ3n) is 1.91. The topological polar surface area (TPSA) is 64.3 Å². The Labute approximate surface area is 89.4 Å². The van der Waals surface area contributed by atoms with Gasteiger partial charge in [0.2, 0.25) is 5.72 Å². The number of para-hydroxylation sites is 2. The second-order valence-corrected chi connectivity index (χ2v) is 3.16.